The first-order chi connectivity index (χ1) is 32.0. The van der Waals surface area contributed by atoms with Crippen LogP contribution in [0.1, 0.15) is 25.0 Å². The Morgan fingerprint density at radius 1 is 0.338 bits per heavy atom. The molecule has 5 heteroatoms. The third-order valence-corrected chi connectivity index (χ3v) is 13.5. The maximum absolute atomic E-state index is 5.09. The molecule has 0 spiro atoms. The Kier molecular flexibility index (Phi) is 8.18. The summed E-state index contributed by atoms with van der Waals surface area (Å²) in [5.41, 5.74) is 17.1. The van der Waals surface area contributed by atoms with E-state index in [1.54, 1.807) is 0 Å². The van der Waals surface area contributed by atoms with Crippen molar-refractivity contribution in [2.45, 2.75) is 19.3 Å². The van der Waals surface area contributed by atoms with Crippen LogP contribution < -0.4 is 0 Å². The lowest BCUT2D eigenvalue weighted by Crippen LogP contribution is -2.18. The maximum Gasteiger partial charge on any atom is 0.164 e. The highest BCUT2D eigenvalue weighted by Gasteiger charge is 2.39. The Morgan fingerprint density at radius 2 is 0.815 bits per heavy atom. The molecule has 0 fully saturated rings. The van der Waals surface area contributed by atoms with Crippen LogP contribution in [-0.4, -0.2) is 24.1 Å². The van der Waals surface area contributed by atoms with E-state index in [9.17, 15) is 0 Å². The van der Waals surface area contributed by atoms with Gasteiger partial charge < -0.3 is 9.13 Å². The lowest BCUT2D eigenvalue weighted by atomic mass is 9.81. The molecule has 0 aliphatic heterocycles. The van der Waals surface area contributed by atoms with Crippen molar-refractivity contribution in [3.8, 4) is 67.8 Å². The normalized spacial score (nSPS) is 12.9. The van der Waals surface area contributed by atoms with E-state index < -0.39 is 0 Å². The van der Waals surface area contributed by atoms with Gasteiger partial charge in [-0.2, -0.15) is 0 Å². The number of hydrogen-bond donors (Lipinski definition) is 0. The second-order valence-electron chi connectivity index (χ2n) is 17.6. The molecule has 13 rings (SSSR count). The summed E-state index contributed by atoms with van der Waals surface area (Å²) in [7, 11) is 0. The summed E-state index contributed by atoms with van der Waals surface area (Å²) in [6.45, 7) is 4.72. The van der Waals surface area contributed by atoms with Gasteiger partial charge in [-0.1, -0.05) is 166 Å². The van der Waals surface area contributed by atoms with Crippen LogP contribution in [0.15, 0.2) is 212 Å². The quantitative estimate of drug-likeness (QED) is 0.168. The van der Waals surface area contributed by atoms with Gasteiger partial charge in [0, 0.05) is 49.3 Å². The van der Waals surface area contributed by atoms with E-state index in [0.717, 1.165) is 22.4 Å². The molecule has 0 saturated carbocycles. The Balaban J connectivity index is 0.936. The highest BCUT2D eigenvalue weighted by Crippen LogP contribution is 2.53. The number of para-hydroxylation sites is 3. The molecule has 0 N–H and O–H groups in total. The molecular weight excluding hydrogens is 791 g/mol. The van der Waals surface area contributed by atoms with E-state index in [2.05, 4.69) is 199 Å². The fourth-order valence-corrected chi connectivity index (χ4v) is 10.5. The molecule has 0 unspecified atom stereocenters. The molecule has 9 aromatic carbocycles. The van der Waals surface area contributed by atoms with E-state index in [1.807, 2.05) is 36.4 Å². The molecule has 1 aliphatic rings. The number of hydrogen-bond acceptors (Lipinski definition) is 3. The van der Waals surface area contributed by atoms with Gasteiger partial charge in [-0.25, -0.2) is 15.0 Å². The summed E-state index contributed by atoms with van der Waals surface area (Å²) < 4.78 is 4.86. The van der Waals surface area contributed by atoms with Crippen molar-refractivity contribution in [2.24, 2.45) is 0 Å². The van der Waals surface area contributed by atoms with Crippen LogP contribution in [-0.2, 0) is 5.41 Å². The molecular formula is C60H41N5. The molecule has 306 valence electrons. The van der Waals surface area contributed by atoms with Gasteiger partial charge in [0.05, 0.1) is 27.8 Å². The van der Waals surface area contributed by atoms with Crippen molar-refractivity contribution in [2.75, 3.05) is 0 Å². The van der Waals surface area contributed by atoms with Crippen molar-refractivity contribution >= 4 is 43.6 Å². The van der Waals surface area contributed by atoms with Crippen LogP contribution in [0.2, 0.25) is 0 Å². The summed E-state index contributed by atoms with van der Waals surface area (Å²) >= 11 is 0. The predicted octanol–water partition coefficient (Wildman–Crippen LogP) is 15.0. The molecule has 5 nitrogen and oxygen atoms in total. The van der Waals surface area contributed by atoms with Crippen LogP contribution in [0.4, 0.5) is 0 Å². The third kappa shape index (κ3) is 5.75. The number of fused-ring (bicyclic) bond motifs is 9. The largest absolute Gasteiger partial charge is 0.309 e. The van der Waals surface area contributed by atoms with Gasteiger partial charge in [-0.15, -0.1) is 0 Å². The molecule has 0 amide bonds. The van der Waals surface area contributed by atoms with Crippen LogP contribution in [0.5, 0.6) is 0 Å². The van der Waals surface area contributed by atoms with E-state index in [-0.39, 0.29) is 5.41 Å². The second-order valence-corrected chi connectivity index (χ2v) is 17.6. The standard InChI is InChI=1S/C60H41N5/c1-60(2)50-37-42(59-62-57(38-17-6-3-7-18-38)61-58(63-59)39-19-8-4-9-20-39)29-32-44(50)47-25-16-28-55(56(47)60)65-52-27-15-13-24-46(52)49-36-41(31-34-54(49)65)40-30-33-53-48(35-40)45-23-12-14-26-51(45)64(53)43-21-10-5-11-22-43/h3-37H,1-2H3. The van der Waals surface area contributed by atoms with Crippen LogP contribution in [0.25, 0.3) is 111 Å². The van der Waals surface area contributed by atoms with Crippen LogP contribution >= 0.6 is 0 Å². The van der Waals surface area contributed by atoms with Crippen molar-refractivity contribution < 1.29 is 0 Å². The Bertz CT molecular complexity index is 3790. The molecule has 0 radical (unpaired) electrons. The summed E-state index contributed by atoms with van der Waals surface area (Å²) in [5, 5.41) is 4.97. The van der Waals surface area contributed by atoms with E-state index in [4.69, 9.17) is 15.0 Å². The van der Waals surface area contributed by atoms with Crippen molar-refractivity contribution in [1.82, 2.24) is 24.1 Å². The molecule has 3 heterocycles. The second kappa shape index (κ2) is 14.3. The zero-order valence-corrected chi connectivity index (χ0v) is 35.9. The van der Waals surface area contributed by atoms with E-state index in [1.165, 1.54) is 82.7 Å². The van der Waals surface area contributed by atoms with E-state index in [0.29, 0.717) is 17.5 Å². The lowest BCUT2D eigenvalue weighted by molar-refractivity contribution is 0.657. The topological polar surface area (TPSA) is 48.5 Å². The molecule has 12 aromatic rings. The number of benzene rings is 9. The third-order valence-electron chi connectivity index (χ3n) is 13.5. The molecule has 0 atom stereocenters. The average molecular weight is 832 g/mol. The fraction of sp³-hybridized carbons (Fsp3) is 0.0500. The monoisotopic (exact) mass is 831 g/mol. The van der Waals surface area contributed by atoms with Gasteiger partial charge in [0.1, 0.15) is 0 Å². The highest BCUT2D eigenvalue weighted by atomic mass is 15.0. The van der Waals surface area contributed by atoms with E-state index >= 15 is 0 Å². The molecule has 0 bridgehead atoms. The SMILES string of the molecule is CC1(C)c2cc(-c3nc(-c4ccccc4)nc(-c4ccccc4)n3)ccc2-c2cccc(-n3c4ccccc4c4cc(-c5ccc6c(c5)c5ccccc5n6-c5ccccc5)ccc43)c21. The van der Waals surface area contributed by atoms with Crippen LogP contribution in [0, 0.1) is 0 Å². The first-order valence-corrected chi connectivity index (χ1v) is 22.3. The zero-order valence-electron chi connectivity index (χ0n) is 35.9. The van der Waals surface area contributed by atoms with Gasteiger partial charge in [-0.3, -0.25) is 0 Å². The van der Waals surface area contributed by atoms with Gasteiger partial charge in [-0.05, 0) is 94.0 Å². The number of rotatable bonds is 6. The Morgan fingerprint density at radius 3 is 1.42 bits per heavy atom. The number of aromatic nitrogens is 5. The minimum Gasteiger partial charge on any atom is -0.309 e. The summed E-state index contributed by atoms with van der Waals surface area (Å²) in [6.07, 6.45) is 0. The summed E-state index contributed by atoms with van der Waals surface area (Å²) in [5.74, 6) is 1.97. The lowest BCUT2D eigenvalue weighted by Gasteiger charge is -2.25. The average Bonchev–Trinajstić information content (AvgIpc) is 3.96. The van der Waals surface area contributed by atoms with Gasteiger partial charge in [0.25, 0.3) is 0 Å². The van der Waals surface area contributed by atoms with Gasteiger partial charge >= 0.3 is 0 Å². The first kappa shape index (κ1) is 37.2. The Labute approximate surface area is 376 Å². The minimum atomic E-state index is -0.333. The molecule has 0 saturated heterocycles. The van der Waals surface area contributed by atoms with Crippen molar-refractivity contribution in [3.05, 3.63) is 223 Å². The number of nitrogens with zero attached hydrogens (tertiary/aromatic N) is 5. The first-order valence-electron chi connectivity index (χ1n) is 22.3. The van der Waals surface area contributed by atoms with Crippen molar-refractivity contribution in [3.63, 3.8) is 0 Å². The Hall–Kier alpha value is -8.41. The zero-order chi connectivity index (χ0) is 43.2. The summed E-state index contributed by atoms with van der Waals surface area (Å²) in [6, 6.07) is 76.1. The molecule has 65 heavy (non-hydrogen) atoms. The summed E-state index contributed by atoms with van der Waals surface area (Å²) in [4.78, 5) is 15.1. The predicted molar refractivity (Wildman–Crippen MR) is 268 cm³/mol. The van der Waals surface area contributed by atoms with Crippen molar-refractivity contribution in [1.29, 1.82) is 0 Å². The fourth-order valence-electron chi connectivity index (χ4n) is 10.5. The smallest absolute Gasteiger partial charge is 0.164 e. The van der Waals surface area contributed by atoms with Crippen LogP contribution in [0.3, 0.4) is 0 Å². The molecule has 1 aliphatic carbocycles. The van der Waals surface area contributed by atoms with Gasteiger partial charge in [0.15, 0.2) is 17.5 Å². The molecule has 3 aromatic heterocycles. The van der Waals surface area contributed by atoms with Gasteiger partial charge in [0.2, 0.25) is 0 Å². The minimum absolute atomic E-state index is 0.333. The highest BCUT2D eigenvalue weighted by molar-refractivity contribution is 6.13. The maximum atomic E-state index is 5.09.